The van der Waals surface area contributed by atoms with E-state index in [1.54, 1.807) is 6.20 Å². The van der Waals surface area contributed by atoms with Gasteiger partial charge in [0, 0.05) is 30.9 Å². The molecule has 4 atom stereocenters. The predicted molar refractivity (Wildman–Crippen MR) is 128 cm³/mol. The number of carbonyl (C=O) groups excluding carboxylic acids is 2. The van der Waals surface area contributed by atoms with E-state index in [9.17, 15) is 9.59 Å². The molecule has 2 saturated heterocycles. The number of aromatic nitrogens is 1. The second kappa shape index (κ2) is 10.3. The van der Waals surface area contributed by atoms with E-state index in [0.29, 0.717) is 25.2 Å². The van der Waals surface area contributed by atoms with Crippen molar-refractivity contribution in [1.29, 1.82) is 0 Å². The van der Waals surface area contributed by atoms with Crippen LogP contribution in [0.4, 0.5) is 0 Å². The van der Waals surface area contributed by atoms with Crippen molar-refractivity contribution in [2.45, 2.75) is 104 Å². The minimum atomic E-state index is -0.472. The number of fused-ring (bicyclic) bond motifs is 1. The molecule has 1 amide bonds. The molecule has 2 aliphatic heterocycles. The third-order valence-electron chi connectivity index (χ3n) is 7.40. The molecule has 5 heteroatoms. The highest BCUT2D eigenvalue weighted by Gasteiger charge is 2.52. The maximum Gasteiger partial charge on any atom is 0.220 e. The van der Waals surface area contributed by atoms with Crippen molar-refractivity contribution in [3.05, 3.63) is 35.7 Å². The molecule has 3 rings (SSSR count). The van der Waals surface area contributed by atoms with Crippen LogP contribution in [-0.2, 0) is 14.3 Å². The Balaban J connectivity index is 1.77. The van der Waals surface area contributed by atoms with Crippen LogP contribution in [0.1, 0.15) is 91.7 Å². The van der Waals surface area contributed by atoms with Crippen LogP contribution in [0.15, 0.2) is 30.0 Å². The van der Waals surface area contributed by atoms with Gasteiger partial charge >= 0.3 is 0 Å². The van der Waals surface area contributed by atoms with Gasteiger partial charge in [-0.05, 0) is 62.8 Å². The second-order valence-electron chi connectivity index (χ2n) is 10.8. The van der Waals surface area contributed by atoms with Gasteiger partial charge in [-0.3, -0.25) is 14.6 Å². The smallest absolute Gasteiger partial charge is 0.220 e. The minimum absolute atomic E-state index is 0.00698. The molecule has 0 radical (unpaired) electrons. The van der Waals surface area contributed by atoms with Gasteiger partial charge in [-0.2, -0.15) is 0 Å². The number of hydrogen-bond donors (Lipinski definition) is 1. The highest BCUT2D eigenvalue weighted by Crippen LogP contribution is 2.44. The average molecular weight is 441 g/mol. The van der Waals surface area contributed by atoms with Crippen molar-refractivity contribution in [3.8, 4) is 0 Å². The molecule has 176 valence electrons. The lowest BCUT2D eigenvalue weighted by Crippen LogP contribution is -2.38. The normalized spacial score (nSPS) is 32.7. The van der Waals surface area contributed by atoms with Gasteiger partial charge in [-0.1, -0.05) is 39.7 Å². The van der Waals surface area contributed by atoms with Gasteiger partial charge in [0.15, 0.2) is 0 Å². The van der Waals surface area contributed by atoms with Gasteiger partial charge in [0.2, 0.25) is 5.91 Å². The van der Waals surface area contributed by atoms with Crippen molar-refractivity contribution in [3.63, 3.8) is 0 Å². The zero-order valence-electron chi connectivity index (χ0n) is 20.4. The molecule has 1 N–H and O–H groups in total. The SMILES string of the molecule is CC(=Cc1ccccn1)C1CC2OC2(C)CCCC(C)CCC(=O)C(C)(C)CCC(=O)N1. The standard InChI is InChI=1S/C27H40N2O3/c1-19-9-8-14-27(5)24(32-27)18-22(20(2)17-21-10-6-7-16-28-21)29-25(31)13-15-26(3,4)23(30)12-11-19/h6-7,10,16-17,19,22,24H,8-9,11-15,18H2,1-5H3,(H,29,31). The van der Waals surface area contributed by atoms with Crippen molar-refractivity contribution >= 4 is 17.8 Å². The first kappa shape index (κ1) is 24.6. The lowest BCUT2D eigenvalue weighted by Gasteiger charge is -2.25. The Morgan fingerprint density at radius 1 is 1.16 bits per heavy atom. The van der Waals surface area contributed by atoms with E-state index < -0.39 is 5.41 Å². The quantitative estimate of drug-likeness (QED) is 0.617. The largest absolute Gasteiger partial charge is 0.366 e. The molecule has 4 unspecified atom stereocenters. The van der Waals surface area contributed by atoms with Gasteiger partial charge in [0.05, 0.1) is 23.4 Å². The number of ether oxygens (including phenoxy) is 1. The van der Waals surface area contributed by atoms with E-state index in [1.807, 2.05) is 45.0 Å². The third-order valence-corrected chi connectivity index (χ3v) is 7.40. The molecular weight excluding hydrogens is 400 g/mol. The Morgan fingerprint density at radius 3 is 2.66 bits per heavy atom. The van der Waals surface area contributed by atoms with Crippen LogP contribution < -0.4 is 5.32 Å². The molecule has 1 aromatic rings. The van der Waals surface area contributed by atoms with Gasteiger partial charge in [0.1, 0.15) is 5.78 Å². The van der Waals surface area contributed by atoms with E-state index >= 15 is 0 Å². The third kappa shape index (κ3) is 6.74. The number of nitrogens with one attached hydrogen (secondary N) is 1. The zero-order chi connectivity index (χ0) is 23.4. The summed E-state index contributed by atoms with van der Waals surface area (Å²) >= 11 is 0. The summed E-state index contributed by atoms with van der Waals surface area (Å²) < 4.78 is 6.13. The van der Waals surface area contributed by atoms with Crippen molar-refractivity contribution in [2.75, 3.05) is 0 Å². The Kier molecular flexibility index (Phi) is 7.92. The Labute approximate surface area is 193 Å². The first-order valence-corrected chi connectivity index (χ1v) is 12.2. The van der Waals surface area contributed by atoms with Crippen LogP contribution in [-0.4, -0.2) is 34.4 Å². The lowest BCUT2D eigenvalue weighted by molar-refractivity contribution is -0.128. The zero-order valence-corrected chi connectivity index (χ0v) is 20.4. The molecule has 3 heterocycles. The van der Waals surface area contributed by atoms with E-state index in [-0.39, 0.29) is 29.4 Å². The first-order valence-electron chi connectivity index (χ1n) is 12.2. The van der Waals surface area contributed by atoms with Gasteiger partial charge < -0.3 is 10.1 Å². The Bertz CT molecular complexity index is 833. The summed E-state index contributed by atoms with van der Waals surface area (Å²) in [5.41, 5.74) is 1.37. The maximum atomic E-state index is 12.9. The fourth-order valence-corrected chi connectivity index (χ4v) is 4.67. The van der Waals surface area contributed by atoms with E-state index in [4.69, 9.17) is 4.74 Å². The fraction of sp³-hybridized carbons (Fsp3) is 0.667. The topological polar surface area (TPSA) is 71.6 Å². The number of Topliss-reactive ketones (excluding diaryl/α,β-unsaturated/α-hetero) is 1. The number of amides is 1. The number of nitrogens with zero attached hydrogens (tertiary/aromatic N) is 1. The molecule has 5 nitrogen and oxygen atoms in total. The molecule has 0 aromatic carbocycles. The van der Waals surface area contributed by atoms with Crippen LogP contribution >= 0.6 is 0 Å². The molecule has 2 fully saturated rings. The number of carbonyl (C=O) groups is 2. The Morgan fingerprint density at radius 2 is 1.94 bits per heavy atom. The number of epoxide rings is 1. The summed E-state index contributed by atoms with van der Waals surface area (Å²) in [5, 5.41) is 3.23. The molecule has 0 bridgehead atoms. The average Bonchev–Trinajstić information content (AvgIpc) is 3.39. The van der Waals surface area contributed by atoms with Crippen molar-refractivity contribution in [2.24, 2.45) is 11.3 Å². The predicted octanol–water partition coefficient (Wildman–Crippen LogP) is 5.49. The summed E-state index contributed by atoms with van der Waals surface area (Å²) in [4.78, 5) is 30.1. The summed E-state index contributed by atoms with van der Waals surface area (Å²) in [6.07, 6.45) is 10.4. The highest BCUT2D eigenvalue weighted by atomic mass is 16.6. The van der Waals surface area contributed by atoms with Gasteiger partial charge in [-0.15, -0.1) is 0 Å². The molecule has 1 aromatic heterocycles. The van der Waals surface area contributed by atoms with E-state index in [0.717, 1.165) is 43.4 Å². The summed E-state index contributed by atoms with van der Waals surface area (Å²) in [5.74, 6) is 0.792. The molecule has 0 aliphatic carbocycles. The van der Waals surface area contributed by atoms with Gasteiger partial charge in [0.25, 0.3) is 0 Å². The molecule has 0 spiro atoms. The number of ketones is 1. The molecule has 32 heavy (non-hydrogen) atoms. The summed E-state index contributed by atoms with van der Waals surface area (Å²) in [6, 6.07) is 5.72. The minimum Gasteiger partial charge on any atom is -0.366 e. The van der Waals surface area contributed by atoms with Crippen molar-refractivity contribution < 1.29 is 14.3 Å². The fourth-order valence-electron chi connectivity index (χ4n) is 4.67. The molecule has 0 saturated carbocycles. The van der Waals surface area contributed by atoms with Crippen LogP contribution in [0.3, 0.4) is 0 Å². The number of hydrogen-bond acceptors (Lipinski definition) is 4. The monoisotopic (exact) mass is 440 g/mol. The first-order chi connectivity index (χ1) is 15.1. The molecule has 2 aliphatic rings. The summed E-state index contributed by atoms with van der Waals surface area (Å²) in [6.45, 7) is 10.4. The molecular formula is C27H40N2O3. The van der Waals surface area contributed by atoms with E-state index in [2.05, 4.69) is 24.1 Å². The van der Waals surface area contributed by atoms with Gasteiger partial charge in [-0.25, -0.2) is 0 Å². The van der Waals surface area contributed by atoms with Crippen molar-refractivity contribution in [1.82, 2.24) is 10.3 Å². The number of pyridine rings is 1. The number of rotatable bonds is 2. The Hall–Kier alpha value is -2.01. The van der Waals surface area contributed by atoms with E-state index in [1.165, 1.54) is 0 Å². The second-order valence-corrected chi connectivity index (χ2v) is 10.8. The van der Waals surface area contributed by atoms with Crippen LogP contribution in [0.5, 0.6) is 0 Å². The lowest BCUT2D eigenvalue weighted by atomic mass is 9.80. The summed E-state index contributed by atoms with van der Waals surface area (Å²) in [7, 11) is 0. The maximum absolute atomic E-state index is 12.9. The van der Waals surface area contributed by atoms with Crippen LogP contribution in [0.2, 0.25) is 0 Å². The van der Waals surface area contributed by atoms with Crippen LogP contribution in [0.25, 0.3) is 6.08 Å². The highest BCUT2D eigenvalue weighted by molar-refractivity contribution is 5.85. The van der Waals surface area contributed by atoms with Crippen LogP contribution in [0, 0.1) is 11.3 Å².